The molecule has 1 aliphatic carbocycles. The van der Waals surface area contributed by atoms with Crippen molar-refractivity contribution in [2.45, 2.75) is 26.2 Å². The van der Waals surface area contributed by atoms with Crippen LogP contribution in [-0.4, -0.2) is 5.78 Å². The molecule has 0 N–H and O–H groups in total. The summed E-state index contributed by atoms with van der Waals surface area (Å²) in [5, 5.41) is 0. The van der Waals surface area contributed by atoms with Gasteiger partial charge in [-0.05, 0) is 61.6 Å². The standard InChI is InChI=1S/C17H16O2/c1-12(18)14-5-3-7-16(10-14)19-17-9-8-13-4-2-6-15(13)11-17/h3,5,7-11H,2,4,6H2,1H3. The summed E-state index contributed by atoms with van der Waals surface area (Å²) in [4.78, 5) is 11.3. The molecule has 2 aromatic rings. The molecule has 0 fully saturated rings. The van der Waals surface area contributed by atoms with Crippen molar-refractivity contribution in [1.82, 2.24) is 0 Å². The molecule has 19 heavy (non-hydrogen) atoms. The molecule has 0 saturated heterocycles. The number of fused-ring (bicyclic) bond motifs is 1. The molecule has 0 amide bonds. The molecule has 0 radical (unpaired) electrons. The Kier molecular flexibility index (Phi) is 3.08. The van der Waals surface area contributed by atoms with Crippen LogP contribution in [0, 0.1) is 0 Å². The lowest BCUT2D eigenvalue weighted by atomic mass is 10.1. The Morgan fingerprint density at radius 3 is 2.63 bits per heavy atom. The largest absolute Gasteiger partial charge is 0.457 e. The fourth-order valence-corrected chi connectivity index (χ4v) is 2.53. The van der Waals surface area contributed by atoms with E-state index in [2.05, 4.69) is 12.1 Å². The fraction of sp³-hybridized carbons (Fsp3) is 0.235. The number of carbonyl (C=O) groups excluding carboxylic acids is 1. The van der Waals surface area contributed by atoms with Crippen molar-refractivity contribution in [2.75, 3.05) is 0 Å². The van der Waals surface area contributed by atoms with Gasteiger partial charge in [-0.2, -0.15) is 0 Å². The van der Waals surface area contributed by atoms with E-state index in [1.165, 1.54) is 24.0 Å². The number of ether oxygens (including phenoxy) is 1. The van der Waals surface area contributed by atoms with Crippen LogP contribution in [0.2, 0.25) is 0 Å². The molecule has 0 aromatic heterocycles. The lowest BCUT2D eigenvalue weighted by molar-refractivity contribution is 0.101. The van der Waals surface area contributed by atoms with E-state index in [0.29, 0.717) is 11.3 Å². The van der Waals surface area contributed by atoms with Gasteiger partial charge in [0, 0.05) is 5.56 Å². The second-order valence-corrected chi connectivity index (χ2v) is 4.97. The van der Waals surface area contributed by atoms with Gasteiger partial charge in [0.2, 0.25) is 0 Å². The Labute approximate surface area is 113 Å². The van der Waals surface area contributed by atoms with Gasteiger partial charge >= 0.3 is 0 Å². The number of hydrogen-bond acceptors (Lipinski definition) is 2. The zero-order valence-corrected chi connectivity index (χ0v) is 11.0. The molecule has 1 aliphatic rings. The highest BCUT2D eigenvalue weighted by atomic mass is 16.5. The van der Waals surface area contributed by atoms with Gasteiger partial charge in [0.15, 0.2) is 5.78 Å². The highest BCUT2D eigenvalue weighted by molar-refractivity contribution is 5.94. The SMILES string of the molecule is CC(=O)c1cccc(Oc2ccc3c(c2)CCC3)c1. The predicted molar refractivity (Wildman–Crippen MR) is 75.0 cm³/mol. The number of benzene rings is 2. The summed E-state index contributed by atoms with van der Waals surface area (Å²) in [7, 11) is 0. The molecule has 0 unspecified atom stereocenters. The summed E-state index contributed by atoms with van der Waals surface area (Å²) in [6.45, 7) is 1.56. The number of rotatable bonds is 3. The van der Waals surface area contributed by atoms with Crippen molar-refractivity contribution in [3.05, 3.63) is 59.2 Å². The molecule has 2 nitrogen and oxygen atoms in total. The molecular formula is C17H16O2. The van der Waals surface area contributed by atoms with Crippen molar-refractivity contribution in [3.8, 4) is 11.5 Å². The lowest BCUT2D eigenvalue weighted by Crippen LogP contribution is -1.93. The van der Waals surface area contributed by atoms with Crippen LogP contribution in [-0.2, 0) is 12.8 Å². The predicted octanol–water partition coefficient (Wildman–Crippen LogP) is 4.17. The van der Waals surface area contributed by atoms with E-state index >= 15 is 0 Å². The Morgan fingerprint density at radius 2 is 1.79 bits per heavy atom. The van der Waals surface area contributed by atoms with Crippen LogP contribution in [0.4, 0.5) is 0 Å². The van der Waals surface area contributed by atoms with Gasteiger partial charge in [-0.15, -0.1) is 0 Å². The van der Waals surface area contributed by atoms with Crippen molar-refractivity contribution in [2.24, 2.45) is 0 Å². The van der Waals surface area contributed by atoms with E-state index in [4.69, 9.17) is 4.74 Å². The first-order chi connectivity index (χ1) is 9.22. The van der Waals surface area contributed by atoms with Gasteiger partial charge in [0.25, 0.3) is 0 Å². The number of carbonyl (C=O) groups is 1. The first-order valence-electron chi connectivity index (χ1n) is 6.63. The number of aryl methyl sites for hydroxylation is 2. The zero-order valence-electron chi connectivity index (χ0n) is 11.0. The Balaban J connectivity index is 1.85. The molecule has 96 valence electrons. The monoisotopic (exact) mass is 252 g/mol. The second kappa shape index (κ2) is 4.88. The van der Waals surface area contributed by atoms with Crippen LogP contribution < -0.4 is 4.74 Å². The topological polar surface area (TPSA) is 26.3 Å². The summed E-state index contributed by atoms with van der Waals surface area (Å²) < 4.78 is 5.84. The van der Waals surface area contributed by atoms with Gasteiger partial charge < -0.3 is 4.74 Å². The van der Waals surface area contributed by atoms with Crippen LogP contribution in [0.3, 0.4) is 0 Å². The first kappa shape index (κ1) is 12.0. The maximum absolute atomic E-state index is 11.3. The van der Waals surface area contributed by atoms with E-state index in [1.807, 2.05) is 18.2 Å². The smallest absolute Gasteiger partial charge is 0.159 e. The highest BCUT2D eigenvalue weighted by Gasteiger charge is 2.11. The zero-order chi connectivity index (χ0) is 13.2. The fourth-order valence-electron chi connectivity index (χ4n) is 2.53. The van der Waals surface area contributed by atoms with E-state index in [1.54, 1.807) is 19.1 Å². The molecule has 2 aromatic carbocycles. The minimum Gasteiger partial charge on any atom is -0.457 e. The van der Waals surface area contributed by atoms with Gasteiger partial charge in [0.05, 0.1) is 0 Å². The van der Waals surface area contributed by atoms with Gasteiger partial charge in [-0.3, -0.25) is 4.79 Å². The first-order valence-corrected chi connectivity index (χ1v) is 6.63. The summed E-state index contributed by atoms with van der Waals surface area (Å²) in [6, 6.07) is 13.6. The summed E-state index contributed by atoms with van der Waals surface area (Å²) >= 11 is 0. The van der Waals surface area contributed by atoms with Crippen LogP contribution in [0.5, 0.6) is 11.5 Å². The summed E-state index contributed by atoms with van der Waals surface area (Å²) in [5.74, 6) is 1.62. The molecule has 0 aliphatic heterocycles. The van der Waals surface area contributed by atoms with Crippen LogP contribution in [0.1, 0.15) is 34.8 Å². The van der Waals surface area contributed by atoms with E-state index in [0.717, 1.165) is 12.2 Å². The average Bonchev–Trinajstić information content (AvgIpc) is 2.86. The van der Waals surface area contributed by atoms with Crippen LogP contribution in [0.25, 0.3) is 0 Å². The minimum absolute atomic E-state index is 0.0550. The molecule has 0 bridgehead atoms. The summed E-state index contributed by atoms with van der Waals surface area (Å²) in [5.41, 5.74) is 3.50. The molecule has 3 rings (SSSR count). The second-order valence-electron chi connectivity index (χ2n) is 4.97. The molecule has 2 heteroatoms. The molecule has 0 saturated carbocycles. The molecule has 0 spiro atoms. The quantitative estimate of drug-likeness (QED) is 0.766. The lowest BCUT2D eigenvalue weighted by Gasteiger charge is -2.08. The third-order valence-electron chi connectivity index (χ3n) is 3.55. The Hall–Kier alpha value is -2.09. The van der Waals surface area contributed by atoms with Crippen LogP contribution in [0.15, 0.2) is 42.5 Å². The molecule has 0 atom stereocenters. The van der Waals surface area contributed by atoms with Crippen molar-refractivity contribution >= 4 is 5.78 Å². The molecule has 0 heterocycles. The Bertz CT molecular complexity index is 629. The third kappa shape index (κ3) is 2.53. The minimum atomic E-state index is 0.0550. The Morgan fingerprint density at radius 1 is 1.00 bits per heavy atom. The van der Waals surface area contributed by atoms with E-state index < -0.39 is 0 Å². The summed E-state index contributed by atoms with van der Waals surface area (Å²) in [6.07, 6.45) is 3.55. The number of ketones is 1. The number of Topliss-reactive ketones (excluding diaryl/α,β-unsaturated/α-hetero) is 1. The van der Waals surface area contributed by atoms with Gasteiger partial charge in [0.1, 0.15) is 11.5 Å². The maximum atomic E-state index is 11.3. The van der Waals surface area contributed by atoms with E-state index in [9.17, 15) is 4.79 Å². The number of hydrogen-bond donors (Lipinski definition) is 0. The average molecular weight is 252 g/mol. The van der Waals surface area contributed by atoms with Gasteiger partial charge in [-0.1, -0.05) is 18.2 Å². The van der Waals surface area contributed by atoms with Crippen molar-refractivity contribution in [1.29, 1.82) is 0 Å². The van der Waals surface area contributed by atoms with Crippen molar-refractivity contribution in [3.63, 3.8) is 0 Å². The highest BCUT2D eigenvalue weighted by Crippen LogP contribution is 2.29. The van der Waals surface area contributed by atoms with E-state index in [-0.39, 0.29) is 5.78 Å². The van der Waals surface area contributed by atoms with Crippen LogP contribution >= 0.6 is 0 Å². The molecular weight excluding hydrogens is 236 g/mol. The van der Waals surface area contributed by atoms with Gasteiger partial charge in [-0.25, -0.2) is 0 Å². The van der Waals surface area contributed by atoms with Crippen molar-refractivity contribution < 1.29 is 9.53 Å². The third-order valence-corrected chi connectivity index (χ3v) is 3.55. The normalized spacial score (nSPS) is 13.1. The maximum Gasteiger partial charge on any atom is 0.159 e.